The van der Waals surface area contributed by atoms with Crippen molar-refractivity contribution in [3.8, 4) is 5.75 Å². The molecule has 0 aliphatic carbocycles. The van der Waals surface area contributed by atoms with Gasteiger partial charge in [0.2, 0.25) is 0 Å². The third-order valence-corrected chi connectivity index (χ3v) is 5.43. The number of hydrogen-bond donors (Lipinski definition) is 1. The zero-order valence-electron chi connectivity index (χ0n) is 15.8. The molecule has 0 atom stereocenters. The lowest BCUT2D eigenvalue weighted by Gasteiger charge is -2.03. The third kappa shape index (κ3) is 4.60. The molecule has 0 saturated carbocycles. The fraction of sp³-hybridized carbons (Fsp3) is 0.190. The number of carbonyl (C=O) groups excluding carboxylic acids is 1. The minimum Gasteiger partial charge on any atom is -0.486 e. The molecule has 1 N–H and O–H groups in total. The van der Waals surface area contributed by atoms with Gasteiger partial charge in [0.25, 0.3) is 5.91 Å². The van der Waals surface area contributed by atoms with Crippen molar-refractivity contribution >= 4 is 22.9 Å². The summed E-state index contributed by atoms with van der Waals surface area (Å²) in [6.45, 7) is 2.52. The lowest BCUT2D eigenvalue weighted by molar-refractivity contribution is 0.0957. The number of ether oxygens (including phenoxy) is 1. The third-order valence-electron chi connectivity index (χ3n) is 4.30. The van der Waals surface area contributed by atoms with E-state index >= 15 is 0 Å². The van der Waals surface area contributed by atoms with Crippen molar-refractivity contribution in [1.29, 1.82) is 0 Å². The molecule has 0 radical (unpaired) electrons. The number of hydrogen-bond acceptors (Lipinski definition) is 5. The van der Waals surface area contributed by atoms with Gasteiger partial charge in [-0.3, -0.25) is 4.79 Å². The summed E-state index contributed by atoms with van der Waals surface area (Å²) < 4.78 is 20.5. The standard InChI is InChI=1S/C21H19FN4O2S/c1-14-20(29-19(24-14)13-28-17-7-5-15(22)6-8-17)21(27)23-10-9-16-12-26-11-3-2-4-18(26)25-16/h2-8,11-12H,9-10,13H2,1H3,(H,23,27). The molecular formula is C21H19FN4O2S. The van der Waals surface area contributed by atoms with Gasteiger partial charge < -0.3 is 14.5 Å². The number of aromatic nitrogens is 3. The van der Waals surface area contributed by atoms with Gasteiger partial charge in [-0.15, -0.1) is 11.3 Å². The Morgan fingerprint density at radius 3 is 2.83 bits per heavy atom. The predicted octanol–water partition coefficient (Wildman–Crippen LogP) is 3.79. The van der Waals surface area contributed by atoms with Crippen LogP contribution in [0.3, 0.4) is 0 Å². The van der Waals surface area contributed by atoms with E-state index in [0.29, 0.717) is 34.3 Å². The van der Waals surface area contributed by atoms with Crippen molar-refractivity contribution in [2.24, 2.45) is 0 Å². The van der Waals surface area contributed by atoms with Gasteiger partial charge in [-0.05, 0) is 43.3 Å². The second-order valence-electron chi connectivity index (χ2n) is 6.47. The average Bonchev–Trinajstić information content (AvgIpc) is 3.30. The molecule has 1 amide bonds. The lowest BCUT2D eigenvalue weighted by Crippen LogP contribution is -2.25. The van der Waals surface area contributed by atoms with Crippen LogP contribution in [0, 0.1) is 12.7 Å². The van der Waals surface area contributed by atoms with E-state index in [9.17, 15) is 9.18 Å². The van der Waals surface area contributed by atoms with Crippen LogP contribution in [0.1, 0.15) is 26.1 Å². The molecule has 0 bridgehead atoms. The number of amides is 1. The lowest BCUT2D eigenvalue weighted by atomic mass is 10.3. The Balaban J connectivity index is 1.31. The number of halogens is 1. The number of rotatable bonds is 7. The Hall–Kier alpha value is -3.26. The van der Waals surface area contributed by atoms with Gasteiger partial charge in [0, 0.05) is 25.4 Å². The highest BCUT2D eigenvalue weighted by Crippen LogP contribution is 2.20. The second kappa shape index (κ2) is 8.40. The number of nitrogens with zero attached hydrogens (tertiary/aromatic N) is 3. The van der Waals surface area contributed by atoms with E-state index in [-0.39, 0.29) is 18.3 Å². The van der Waals surface area contributed by atoms with E-state index in [1.54, 1.807) is 19.1 Å². The fourth-order valence-corrected chi connectivity index (χ4v) is 3.79. The van der Waals surface area contributed by atoms with Crippen molar-refractivity contribution in [2.45, 2.75) is 20.0 Å². The first-order valence-corrected chi connectivity index (χ1v) is 9.95. The number of aryl methyl sites for hydroxylation is 1. The van der Waals surface area contributed by atoms with Crippen LogP contribution < -0.4 is 10.1 Å². The molecule has 0 aliphatic heterocycles. The maximum Gasteiger partial charge on any atom is 0.263 e. The Morgan fingerprint density at radius 1 is 1.21 bits per heavy atom. The van der Waals surface area contributed by atoms with Crippen molar-refractivity contribution in [3.63, 3.8) is 0 Å². The first-order chi connectivity index (χ1) is 14.1. The van der Waals surface area contributed by atoms with E-state index in [2.05, 4.69) is 15.3 Å². The van der Waals surface area contributed by atoms with Gasteiger partial charge in [0.1, 0.15) is 33.7 Å². The number of benzene rings is 1. The first-order valence-electron chi connectivity index (χ1n) is 9.14. The Labute approximate surface area is 171 Å². The summed E-state index contributed by atoms with van der Waals surface area (Å²) in [7, 11) is 0. The Kier molecular flexibility index (Phi) is 5.53. The molecule has 0 unspecified atom stereocenters. The normalized spacial score (nSPS) is 11.0. The van der Waals surface area contributed by atoms with Gasteiger partial charge in [-0.2, -0.15) is 0 Å². The van der Waals surface area contributed by atoms with E-state index in [0.717, 1.165) is 11.3 Å². The number of imidazole rings is 1. The van der Waals surface area contributed by atoms with Crippen LogP contribution >= 0.6 is 11.3 Å². The van der Waals surface area contributed by atoms with Crippen LogP contribution in [0.4, 0.5) is 4.39 Å². The molecule has 0 saturated heterocycles. The van der Waals surface area contributed by atoms with Crippen LogP contribution in [-0.4, -0.2) is 26.8 Å². The molecule has 1 aromatic carbocycles. The van der Waals surface area contributed by atoms with Crippen molar-refractivity contribution in [1.82, 2.24) is 19.7 Å². The zero-order chi connectivity index (χ0) is 20.2. The monoisotopic (exact) mass is 410 g/mol. The highest BCUT2D eigenvalue weighted by molar-refractivity contribution is 7.13. The first kappa shape index (κ1) is 19.1. The van der Waals surface area contributed by atoms with Gasteiger partial charge in [0.05, 0.1) is 11.4 Å². The predicted molar refractivity (Wildman–Crippen MR) is 109 cm³/mol. The van der Waals surface area contributed by atoms with E-state index in [4.69, 9.17) is 4.74 Å². The largest absolute Gasteiger partial charge is 0.486 e. The van der Waals surface area contributed by atoms with Crippen LogP contribution in [0.15, 0.2) is 54.9 Å². The van der Waals surface area contributed by atoms with E-state index in [1.807, 2.05) is 35.0 Å². The van der Waals surface area contributed by atoms with Crippen LogP contribution in [0.2, 0.25) is 0 Å². The minimum absolute atomic E-state index is 0.156. The molecule has 3 heterocycles. The molecule has 148 valence electrons. The van der Waals surface area contributed by atoms with Crippen molar-refractivity contribution < 1.29 is 13.9 Å². The number of pyridine rings is 1. The van der Waals surface area contributed by atoms with Crippen molar-refractivity contribution in [2.75, 3.05) is 6.54 Å². The summed E-state index contributed by atoms with van der Waals surface area (Å²) in [4.78, 5) is 22.0. The Bertz CT molecular complexity index is 1100. The second-order valence-corrected chi connectivity index (χ2v) is 7.55. The van der Waals surface area contributed by atoms with Gasteiger partial charge in [-0.1, -0.05) is 6.07 Å². The maximum absolute atomic E-state index is 12.9. The van der Waals surface area contributed by atoms with Crippen molar-refractivity contribution in [3.05, 3.63) is 81.9 Å². The molecule has 3 aromatic heterocycles. The van der Waals surface area contributed by atoms with Gasteiger partial charge >= 0.3 is 0 Å². The van der Waals surface area contributed by atoms with Gasteiger partial charge in [0.15, 0.2) is 0 Å². The molecule has 0 aliphatic rings. The molecule has 6 nitrogen and oxygen atoms in total. The molecule has 4 rings (SSSR count). The summed E-state index contributed by atoms with van der Waals surface area (Å²) in [5.41, 5.74) is 2.47. The molecular weight excluding hydrogens is 391 g/mol. The molecule has 8 heteroatoms. The summed E-state index contributed by atoms with van der Waals surface area (Å²) in [5, 5.41) is 3.62. The molecule has 4 aromatic rings. The van der Waals surface area contributed by atoms with Crippen LogP contribution in [0.5, 0.6) is 5.75 Å². The van der Waals surface area contributed by atoms with Crippen LogP contribution in [-0.2, 0) is 13.0 Å². The Morgan fingerprint density at radius 2 is 2.03 bits per heavy atom. The quantitative estimate of drug-likeness (QED) is 0.503. The van der Waals surface area contributed by atoms with E-state index < -0.39 is 0 Å². The average molecular weight is 410 g/mol. The fourth-order valence-electron chi connectivity index (χ4n) is 2.89. The van der Waals surface area contributed by atoms with Crippen LogP contribution in [0.25, 0.3) is 5.65 Å². The zero-order valence-corrected chi connectivity index (χ0v) is 16.6. The molecule has 0 fully saturated rings. The van der Waals surface area contributed by atoms with Gasteiger partial charge in [-0.25, -0.2) is 14.4 Å². The molecule has 29 heavy (non-hydrogen) atoms. The topological polar surface area (TPSA) is 68.5 Å². The SMILES string of the molecule is Cc1nc(COc2ccc(F)cc2)sc1C(=O)NCCc1cn2ccccc2n1. The maximum atomic E-state index is 12.9. The highest BCUT2D eigenvalue weighted by Gasteiger charge is 2.15. The van der Waals surface area contributed by atoms with E-state index in [1.165, 1.54) is 23.5 Å². The molecule has 0 spiro atoms. The summed E-state index contributed by atoms with van der Waals surface area (Å²) in [6, 6.07) is 11.6. The summed E-state index contributed by atoms with van der Waals surface area (Å²) in [5.74, 6) is 0.0829. The highest BCUT2D eigenvalue weighted by atomic mass is 32.1. The number of thiazole rings is 1. The summed E-state index contributed by atoms with van der Waals surface area (Å²) in [6.07, 6.45) is 4.55. The number of fused-ring (bicyclic) bond motifs is 1. The smallest absolute Gasteiger partial charge is 0.263 e. The number of carbonyl (C=O) groups is 1. The number of nitrogens with one attached hydrogen (secondary N) is 1. The summed E-state index contributed by atoms with van der Waals surface area (Å²) >= 11 is 1.30. The minimum atomic E-state index is -0.315.